The van der Waals surface area contributed by atoms with Crippen LogP contribution in [0.3, 0.4) is 0 Å². The zero-order valence-electron chi connectivity index (χ0n) is 17.6. The van der Waals surface area contributed by atoms with Crippen LogP contribution in [0.15, 0.2) is 67.0 Å². The molecule has 1 amide bonds. The first kappa shape index (κ1) is 21.2. The number of nitrogens with zero attached hydrogens (tertiary/aromatic N) is 3. The van der Waals surface area contributed by atoms with Crippen LogP contribution in [-0.2, 0) is 11.3 Å². The summed E-state index contributed by atoms with van der Waals surface area (Å²) in [5.41, 5.74) is 2.81. The van der Waals surface area contributed by atoms with Crippen LogP contribution in [0, 0.1) is 0 Å². The fourth-order valence-corrected chi connectivity index (χ4v) is 2.93. The van der Waals surface area contributed by atoms with Crippen molar-refractivity contribution < 1.29 is 14.3 Å². The molecule has 0 aliphatic heterocycles. The highest BCUT2D eigenvalue weighted by molar-refractivity contribution is 5.91. The van der Waals surface area contributed by atoms with E-state index in [1.807, 2.05) is 54.7 Å². The zero-order valence-corrected chi connectivity index (χ0v) is 17.6. The van der Waals surface area contributed by atoms with Crippen LogP contribution in [0.1, 0.15) is 24.5 Å². The van der Waals surface area contributed by atoms with E-state index < -0.39 is 0 Å². The van der Waals surface area contributed by atoms with E-state index in [1.165, 1.54) is 0 Å². The minimum absolute atomic E-state index is 0.0901. The molecule has 0 saturated carbocycles. The molecule has 30 heavy (non-hydrogen) atoms. The monoisotopic (exact) mass is 405 g/mol. The maximum atomic E-state index is 12.5. The Morgan fingerprint density at radius 2 is 1.97 bits per heavy atom. The van der Waals surface area contributed by atoms with Gasteiger partial charge in [0.05, 0.1) is 25.6 Å². The number of aromatic nitrogens is 2. The van der Waals surface area contributed by atoms with Crippen molar-refractivity contribution >= 4 is 12.0 Å². The number of carbonyl (C=O) groups excluding carboxylic acids is 1. The molecule has 0 spiro atoms. The minimum Gasteiger partial charge on any atom is -0.493 e. The number of likely N-dealkylation sites (N-methyl/N-ethyl adjacent to an activating group) is 1. The summed E-state index contributed by atoms with van der Waals surface area (Å²) in [6.45, 7) is 3.16. The highest BCUT2D eigenvalue weighted by Crippen LogP contribution is 2.28. The number of rotatable bonds is 9. The Bertz CT molecular complexity index is 996. The number of benzene rings is 2. The van der Waals surface area contributed by atoms with Crippen molar-refractivity contribution in [2.24, 2.45) is 0 Å². The van der Waals surface area contributed by atoms with Crippen LogP contribution in [0.4, 0.5) is 0 Å². The second-order valence-electron chi connectivity index (χ2n) is 6.92. The summed E-state index contributed by atoms with van der Waals surface area (Å²) in [7, 11) is 3.38. The Hall–Kier alpha value is -3.54. The fraction of sp³-hybridized carbons (Fsp3) is 0.250. The maximum Gasteiger partial charge on any atom is 0.246 e. The lowest BCUT2D eigenvalue weighted by atomic mass is 10.2. The number of hydrogen-bond acceptors (Lipinski definition) is 4. The van der Waals surface area contributed by atoms with E-state index in [0.29, 0.717) is 24.7 Å². The number of carbonyl (C=O) groups is 1. The molecule has 6 nitrogen and oxygen atoms in total. The lowest BCUT2D eigenvalue weighted by molar-refractivity contribution is -0.125. The molecule has 3 aromatic rings. The minimum atomic E-state index is -0.0901. The quantitative estimate of drug-likeness (QED) is 0.497. The molecule has 3 rings (SSSR count). The van der Waals surface area contributed by atoms with Gasteiger partial charge in [-0.3, -0.25) is 4.79 Å². The maximum absolute atomic E-state index is 12.5. The summed E-state index contributed by atoms with van der Waals surface area (Å²) < 4.78 is 12.9. The first-order valence-corrected chi connectivity index (χ1v) is 9.93. The van der Waals surface area contributed by atoms with Crippen molar-refractivity contribution in [2.45, 2.75) is 19.9 Å². The molecule has 1 aromatic heterocycles. The number of para-hydroxylation sites is 1. The molecule has 156 valence electrons. The average molecular weight is 405 g/mol. The van der Waals surface area contributed by atoms with Crippen LogP contribution in [0.25, 0.3) is 11.8 Å². The highest BCUT2D eigenvalue weighted by atomic mass is 16.5. The van der Waals surface area contributed by atoms with E-state index in [4.69, 9.17) is 9.47 Å². The summed E-state index contributed by atoms with van der Waals surface area (Å²) >= 11 is 0. The Kier molecular flexibility index (Phi) is 7.27. The Labute approximate surface area is 177 Å². The van der Waals surface area contributed by atoms with E-state index in [-0.39, 0.29) is 5.91 Å². The van der Waals surface area contributed by atoms with Gasteiger partial charge in [-0.1, -0.05) is 31.2 Å². The van der Waals surface area contributed by atoms with Crippen molar-refractivity contribution in [3.63, 3.8) is 0 Å². The van der Waals surface area contributed by atoms with Crippen molar-refractivity contribution in [3.8, 4) is 17.2 Å². The van der Waals surface area contributed by atoms with Crippen LogP contribution >= 0.6 is 0 Å². The largest absolute Gasteiger partial charge is 0.493 e. The molecular formula is C24H27N3O3. The third kappa shape index (κ3) is 5.50. The molecule has 0 aliphatic rings. The van der Waals surface area contributed by atoms with Crippen LogP contribution in [0.5, 0.6) is 11.5 Å². The summed E-state index contributed by atoms with van der Waals surface area (Å²) in [5.74, 6) is 1.27. The van der Waals surface area contributed by atoms with Gasteiger partial charge < -0.3 is 14.4 Å². The molecular weight excluding hydrogens is 378 g/mol. The molecule has 0 unspecified atom stereocenters. The SMILES string of the molecule is CCCOc1ccc(/C=C/C(=O)N(C)Cc2cnn(-c3ccccc3)c2)cc1OC. The van der Waals surface area contributed by atoms with Crippen molar-refractivity contribution in [2.75, 3.05) is 20.8 Å². The van der Waals surface area contributed by atoms with E-state index in [0.717, 1.165) is 23.2 Å². The molecule has 0 aliphatic carbocycles. The Morgan fingerprint density at radius 3 is 2.70 bits per heavy atom. The summed E-state index contributed by atoms with van der Waals surface area (Å²) in [6, 6.07) is 15.5. The van der Waals surface area contributed by atoms with Gasteiger partial charge in [0.15, 0.2) is 11.5 Å². The number of ether oxygens (including phenoxy) is 2. The van der Waals surface area contributed by atoms with E-state index >= 15 is 0 Å². The van der Waals surface area contributed by atoms with Gasteiger partial charge in [-0.05, 0) is 42.3 Å². The first-order chi connectivity index (χ1) is 14.6. The molecule has 0 radical (unpaired) electrons. The lowest BCUT2D eigenvalue weighted by Crippen LogP contribution is -2.23. The van der Waals surface area contributed by atoms with Gasteiger partial charge in [0, 0.05) is 31.4 Å². The van der Waals surface area contributed by atoms with Gasteiger partial charge >= 0.3 is 0 Å². The second-order valence-corrected chi connectivity index (χ2v) is 6.92. The van der Waals surface area contributed by atoms with Gasteiger partial charge in [-0.25, -0.2) is 4.68 Å². The van der Waals surface area contributed by atoms with Crippen LogP contribution in [0.2, 0.25) is 0 Å². The van der Waals surface area contributed by atoms with Gasteiger partial charge in [-0.2, -0.15) is 5.10 Å². The van der Waals surface area contributed by atoms with Crippen molar-refractivity contribution in [1.29, 1.82) is 0 Å². The molecule has 0 fully saturated rings. The first-order valence-electron chi connectivity index (χ1n) is 9.93. The molecule has 0 atom stereocenters. The van der Waals surface area contributed by atoms with Crippen LogP contribution < -0.4 is 9.47 Å². The van der Waals surface area contributed by atoms with Crippen molar-refractivity contribution in [1.82, 2.24) is 14.7 Å². The average Bonchev–Trinajstić information content (AvgIpc) is 3.25. The fourth-order valence-electron chi connectivity index (χ4n) is 2.93. The summed E-state index contributed by atoms with van der Waals surface area (Å²) in [4.78, 5) is 14.2. The number of hydrogen-bond donors (Lipinski definition) is 0. The molecule has 0 bridgehead atoms. The van der Waals surface area contributed by atoms with Gasteiger partial charge in [0.1, 0.15) is 0 Å². The molecule has 1 heterocycles. The molecule has 0 N–H and O–H groups in total. The normalized spacial score (nSPS) is 10.9. The van der Waals surface area contributed by atoms with E-state index in [1.54, 1.807) is 42.1 Å². The molecule has 6 heteroatoms. The third-order valence-electron chi connectivity index (χ3n) is 4.52. The smallest absolute Gasteiger partial charge is 0.246 e. The Balaban J connectivity index is 1.61. The Morgan fingerprint density at radius 1 is 1.17 bits per heavy atom. The summed E-state index contributed by atoms with van der Waals surface area (Å²) in [5, 5.41) is 4.38. The highest BCUT2D eigenvalue weighted by Gasteiger charge is 2.09. The third-order valence-corrected chi connectivity index (χ3v) is 4.52. The predicted octanol–water partition coefficient (Wildman–Crippen LogP) is 4.34. The lowest BCUT2D eigenvalue weighted by Gasteiger charge is -2.14. The van der Waals surface area contributed by atoms with Gasteiger partial charge in [0.25, 0.3) is 0 Å². The van der Waals surface area contributed by atoms with Crippen molar-refractivity contribution in [3.05, 3.63) is 78.1 Å². The number of amides is 1. The summed E-state index contributed by atoms with van der Waals surface area (Å²) in [6.07, 6.45) is 7.97. The van der Waals surface area contributed by atoms with E-state index in [2.05, 4.69) is 12.0 Å². The number of methoxy groups -OCH3 is 1. The molecule has 2 aromatic carbocycles. The van der Waals surface area contributed by atoms with Crippen LogP contribution in [-0.4, -0.2) is 41.4 Å². The van der Waals surface area contributed by atoms with E-state index in [9.17, 15) is 4.79 Å². The second kappa shape index (κ2) is 10.3. The topological polar surface area (TPSA) is 56.6 Å². The van der Waals surface area contributed by atoms with Gasteiger partial charge in [-0.15, -0.1) is 0 Å². The zero-order chi connectivity index (χ0) is 21.3. The predicted molar refractivity (Wildman–Crippen MR) is 118 cm³/mol. The van der Waals surface area contributed by atoms with Gasteiger partial charge in [0.2, 0.25) is 5.91 Å². The molecule has 0 saturated heterocycles. The standard InChI is InChI=1S/C24H27N3O3/c1-4-14-30-22-12-10-19(15-23(22)29-3)11-13-24(28)26(2)17-20-16-25-27(18-20)21-8-6-5-7-9-21/h5-13,15-16,18H,4,14,17H2,1-3H3/b13-11+.